The van der Waals surface area contributed by atoms with Crippen LogP contribution in [0.1, 0.15) is 50.4 Å². The van der Waals surface area contributed by atoms with Crippen LogP contribution in [0.4, 0.5) is 5.69 Å². The molecule has 0 aliphatic heterocycles. The van der Waals surface area contributed by atoms with Crippen LogP contribution in [0.5, 0.6) is 0 Å². The molecular formula is C19H24BrN. The topological polar surface area (TPSA) is 12.0 Å². The molecule has 2 heteroatoms. The molecule has 0 bridgehead atoms. The molecule has 112 valence electrons. The molecule has 1 atom stereocenters. The van der Waals surface area contributed by atoms with Crippen molar-refractivity contribution in [2.75, 3.05) is 5.32 Å². The van der Waals surface area contributed by atoms with E-state index in [1.165, 1.54) is 16.7 Å². The Kier molecular flexibility index (Phi) is 4.77. The van der Waals surface area contributed by atoms with Crippen molar-refractivity contribution in [2.45, 2.75) is 46.1 Å². The van der Waals surface area contributed by atoms with Crippen molar-refractivity contribution < 1.29 is 0 Å². The molecule has 0 aromatic heterocycles. The van der Waals surface area contributed by atoms with Gasteiger partial charge in [-0.2, -0.15) is 0 Å². The zero-order chi connectivity index (χ0) is 15.6. The number of benzene rings is 2. The summed E-state index contributed by atoms with van der Waals surface area (Å²) in [7, 11) is 0. The molecule has 2 aromatic rings. The Balaban J connectivity index is 2.13. The Labute approximate surface area is 136 Å². The molecule has 2 aromatic carbocycles. The van der Waals surface area contributed by atoms with E-state index in [9.17, 15) is 0 Å². The molecule has 21 heavy (non-hydrogen) atoms. The van der Waals surface area contributed by atoms with Gasteiger partial charge < -0.3 is 5.32 Å². The Morgan fingerprint density at radius 2 is 1.62 bits per heavy atom. The molecule has 0 aliphatic carbocycles. The fourth-order valence-corrected chi connectivity index (χ4v) is 2.67. The summed E-state index contributed by atoms with van der Waals surface area (Å²) in [5.41, 5.74) is 5.27. The molecule has 0 heterocycles. The normalized spacial score (nSPS) is 13.0. The maximum atomic E-state index is 3.58. The van der Waals surface area contributed by atoms with Gasteiger partial charge in [-0.05, 0) is 48.1 Å². The number of hydrogen-bond donors (Lipinski definition) is 1. The summed E-state index contributed by atoms with van der Waals surface area (Å²) in [4.78, 5) is 0. The number of nitrogens with one attached hydrogen (secondary N) is 1. The van der Waals surface area contributed by atoms with Gasteiger partial charge in [0.1, 0.15) is 0 Å². The second-order valence-electron chi connectivity index (χ2n) is 6.70. The van der Waals surface area contributed by atoms with Gasteiger partial charge in [0.15, 0.2) is 0 Å². The largest absolute Gasteiger partial charge is 0.378 e. The van der Waals surface area contributed by atoms with Crippen LogP contribution >= 0.6 is 15.9 Å². The molecule has 1 unspecified atom stereocenters. The summed E-state index contributed by atoms with van der Waals surface area (Å²) in [6.45, 7) is 11.0. The van der Waals surface area contributed by atoms with Crippen LogP contribution in [-0.4, -0.2) is 0 Å². The highest BCUT2D eigenvalue weighted by Crippen LogP contribution is 2.27. The van der Waals surface area contributed by atoms with Crippen molar-refractivity contribution in [3.63, 3.8) is 0 Å². The van der Waals surface area contributed by atoms with Gasteiger partial charge in [0.05, 0.1) is 0 Å². The van der Waals surface area contributed by atoms with Crippen LogP contribution in [0, 0.1) is 6.92 Å². The number of halogens is 1. The van der Waals surface area contributed by atoms with Crippen molar-refractivity contribution >= 4 is 21.6 Å². The fraction of sp³-hybridized carbons (Fsp3) is 0.368. The quantitative estimate of drug-likeness (QED) is 0.695. The molecule has 2 rings (SSSR count). The number of aryl methyl sites for hydroxylation is 1. The van der Waals surface area contributed by atoms with Gasteiger partial charge >= 0.3 is 0 Å². The molecule has 0 amide bonds. The van der Waals surface area contributed by atoms with Crippen molar-refractivity contribution in [3.8, 4) is 0 Å². The first-order chi connectivity index (χ1) is 9.77. The maximum Gasteiger partial charge on any atom is 0.0485 e. The number of rotatable bonds is 3. The highest BCUT2D eigenvalue weighted by atomic mass is 79.9. The SMILES string of the molecule is Cc1ccc(NC(C)c2ccc(C(C)(C)C)cc2)cc1Br. The Bertz CT molecular complexity index is 608. The van der Waals surface area contributed by atoms with Crippen molar-refractivity contribution in [2.24, 2.45) is 0 Å². The predicted molar refractivity (Wildman–Crippen MR) is 96.1 cm³/mol. The van der Waals surface area contributed by atoms with Crippen LogP contribution in [0.15, 0.2) is 46.9 Å². The standard InChI is InChI=1S/C19H24BrN/c1-13-6-11-17(12-18(13)20)21-14(2)15-7-9-16(10-8-15)19(3,4)5/h6-12,14,21H,1-5H3. The van der Waals surface area contributed by atoms with Crippen LogP contribution in [0.2, 0.25) is 0 Å². The molecule has 0 saturated carbocycles. The third-order valence-corrected chi connectivity index (χ3v) is 4.69. The van der Waals surface area contributed by atoms with Crippen LogP contribution in [0.25, 0.3) is 0 Å². The van der Waals surface area contributed by atoms with E-state index in [-0.39, 0.29) is 11.5 Å². The zero-order valence-electron chi connectivity index (χ0n) is 13.5. The Morgan fingerprint density at radius 1 is 1.00 bits per heavy atom. The van der Waals surface area contributed by atoms with Gasteiger partial charge in [-0.1, -0.05) is 67.0 Å². The van der Waals surface area contributed by atoms with Crippen molar-refractivity contribution in [1.29, 1.82) is 0 Å². The first-order valence-electron chi connectivity index (χ1n) is 7.40. The van der Waals surface area contributed by atoms with E-state index in [0.717, 1.165) is 10.2 Å². The molecule has 1 N–H and O–H groups in total. The zero-order valence-corrected chi connectivity index (χ0v) is 15.1. The van der Waals surface area contributed by atoms with E-state index in [2.05, 4.69) is 98.3 Å². The molecule has 0 aliphatic rings. The highest BCUT2D eigenvalue weighted by Gasteiger charge is 2.14. The van der Waals surface area contributed by atoms with Gasteiger partial charge in [-0.25, -0.2) is 0 Å². The van der Waals surface area contributed by atoms with Gasteiger partial charge in [0.25, 0.3) is 0 Å². The average molecular weight is 346 g/mol. The average Bonchev–Trinajstić information content (AvgIpc) is 2.42. The lowest BCUT2D eigenvalue weighted by atomic mass is 9.86. The summed E-state index contributed by atoms with van der Waals surface area (Å²) < 4.78 is 1.14. The first-order valence-corrected chi connectivity index (χ1v) is 8.20. The van der Waals surface area contributed by atoms with Crippen LogP contribution in [0.3, 0.4) is 0 Å². The minimum Gasteiger partial charge on any atom is -0.378 e. The molecule has 1 nitrogen and oxygen atoms in total. The minimum absolute atomic E-state index is 0.205. The third-order valence-electron chi connectivity index (χ3n) is 3.83. The van der Waals surface area contributed by atoms with E-state index < -0.39 is 0 Å². The van der Waals surface area contributed by atoms with Crippen LogP contribution in [-0.2, 0) is 5.41 Å². The lowest BCUT2D eigenvalue weighted by Gasteiger charge is -2.21. The first kappa shape index (κ1) is 16.1. The van der Waals surface area contributed by atoms with Crippen molar-refractivity contribution in [3.05, 3.63) is 63.6 Å². The maximum absolute atomic E-state index is 3.58. The van der Waals surface area contributed by atoms with Crippen molar-refractivity contribution in [1.82, 2.24) is 0 Å². The third kappa shape index (κ3) is 4.10. The molecule has 0 fully saturated rings. The number of anilines is 1. The molecular weight excluding hydrogens is 322 g/mol. The lowest BCUT2D eigenvalue weighted by Crippen LogP contribution is -2.12. The fourth-order valence-electron chi connectivity index (χ4n) is 2.29. The summed E-state index contributed by atoms with van der Waals surface area (Å²) >= 11 is 3.58. The van der Waals surface area contributed by atoms with E-state index in [1.807, 2.05) is 0 Å². The Hall–Kier alpha value is -1.28. The van der Waals surface area contributed by atoms with Gasteiger partial charge in [-0.15, -0.1) is 0 Å². The van der Waals surface area contributed by atoms with E-state index in [0.29, 0.717) is 0 Å². The van der Waals surface area contributed by atoms with Gasteiger partial charge in [-0.3, -0.25) is 0 Å². The van der Waals surface area contributed by atoms with E-state index >= 15 is 0 Å². The minimum atomic E-state index is 0.205. The Morgan fingerprint density at radius 3 is 2.14 bits per heavy atom. The second kappa shape index (κ2) is 6.23. The van der Waals surface area contributed by atoms with E-state index in [1.54, 1.807) is 0 Å². The molecule has 0 saturated heterocycles. The monoisotopic (exact) mass is 345 g/mol. The lowest BCUT2D eigenvalue weighted by molar-refractivity contribution is 0.589. The summed E-state index contributed by atoms with van der Waals surface area (Å²) in [5.74, 6) is 0. The summed E-state index contributed by atoms with van der Waals surface area (Å²) in [6.07, 6.45) is 0. The summed E-state index contributed by atoms with van der Waals surface area (Å²) in [5, 5.41) is 3.55. The second-order valence-corrected chi connectivity index (χ2v) is 7.56. The predicted octanol–water partition coefficient (Wildman–Crippen LogP) is 6.23. The molecule has 0 spiro atoms. The van der Waals surface area contributed by atoms with E-state index in [4.69, 9.17) is 0 Å². The highest BCUT2D eigenvalue weighted by molar-refractivity contribution is 9.10. The van der Waals surface area contributed by atoms with Gasteiger partial charge in [0.2, 0.25) is 0 Å². The smallest absolute Gasteiger partial charge is 0.0485 e. The van der Waals surface area contributed by atoms with Gasteiger partial charge in [0, 0.05) is 16.2 Å². The summed E-state index contributed by atoms with van der Waals surface area (Å²) in [6, 6.07) is 15.6. The number of hydrogen-bond acceptors (Lipinski definition) is 1. The molecule has 0 radical (unpaired) electrons. The van der Waals surface area contributed by atoms with Crippen LogP contribution < -0.4 is 5.32 Å².